The predicted molar refractivity (Wildman–Crippen MR) is 160 cm³/mol. The van der Waals surface area contributed by atoms with Crippen molar-refractivity contribution >= 4 is 46.5 Å². The molecule has 11 heteroatoms. The number of hydrogen-bond donors (Lipinski definition) is 2. The molecule has 2 N–H and O–H groups in total. The summed E-state index contributed by atoms with van der Waals surface area (Å²) in [7, 11) is 1.26. The van der Waals surface area contributed by atoms with Gasteiger partial charge in [-0.3, -0.25) is 19.9 Å². The summed E-state index contributed by atoms with van der Waals surface area (Å²) in [5.74, 6) is -2.97. The molecule has 2 aliphatic rings. The van der Waals surface area contributed by atoms with Gasteiger partial charge in [-0.2, -0.15) is 0 Å². The zero-order chi connectivity index (χ0) is 30.8. The Bertz CT molecular complexity index is 1630. The third-order valence-corrected chi connectivity index (χ3v) is 8.27. The maximum absolute atomic E-state index is 14.9. The molecule has 2 bridgehead atoms. The van der Waals surface area contributed by atoms with Gasteiger partial charge in [0.2, 0.25) is 11.8 Å². The van der Waals surface area contributed by atoms with Crippen molar-refractivity contribution in [2.45, 2.75) is 39.2 Å². The second-order valence-electron chi connectivity index (χ2n) is 10.9. The molecule has 43 heavy (non-hydrogen) atoms. The van der Waals surface area contributed by atoms with Crippen molar-refractivity contribution in [3.63, 3.8) is 0 Å². The number of carbonyl (C=O) groups excluding carboxylic acids is 3. The maximum Gasteiger partial charge on any atom is 0.411 e. The molecule has 3 amide bonds. The van der Waals surface area contributed by atoms with Gasteiger partial charge in [0, 0.05) is 36.0 Å². The van der Waals surface area contributed by atoms with Crippen LogP contribution in [0.2, 0.25) is 5.02 Å². The van der Waals surface area contributed by atoms with E-state index in [2.05, 4.69) is 15.6 Å². The predicted octanol–water partition coefficient (Wildman–Crippen LogP) is 7.22. The van der Waals surface area contributed by atoms with Crippen LogP contribution in [0.5, 0.6) is 0 Å². The SMILES string of the molecule is COC(=O)Nc1ccc2c(c1)NC(=O)C(C)CCCC(N1CC(C)C(c3c(F)ccc(Cl)c3F)=CC1=O)c1cc-2ccn1. The molecule has 5 rings (SSSR count). The van der Waals surface area contributed by atoms with Gasteiger partial charge in [-0.1, -0.05) is 37.9 Å². The van der Waals surface area contributed by atoms with Crippen molar-refractivity contribution in [3.8, 4) is 11.1 Å². The fourth-order valence-corrected chi connectivity index (χ4v) is 5.80. The molecule has 2 aliphatic heterocycles. The average molecular weight is 609 g/mol. The standard InChI is InChI=1S/C32H31ClF2N4O4/c1-17-5-4-6-27(39-16-18(2)22(15-28(39)40)29-24(34)10-9-23(33)30(29)35)26-13-19(11-12-36-26)21-8-7-20(37-32(42)43-3)14-25(21)38-31(17)41/h7-15,17-18,27H,4-6,16H2,1-3H3,(H,37,42)(H,38,41). The lowest BCUT2D eigenvalue weighted by atomic mass is 9.87. The third-order valence-electron chi connectivity index (χ3n) is 7.98. The lowest BCUT2D eigenvalue weighted by Crippen LogP contribution is -2.41. The van der Waals surface area contributed by atoms with E-state index in [1.165, 1.54) is 13.2 Å². The fraction of sp³-hybridized carbons (Fsp3) is 0.312. The molecule has 0 saturated carbocycles. The Morgan fingerprint density at radius 2 is 1.88 bits per heavy atom. The van der Waals surface area contributed by atoms with Crippen LogP contribution in [0.15, 0.2) is 54.7 Å². The highest BCUT2D eigenvalue weighted by molar-refractivity contribution is 6.31. The van der Waals surface area contributed by atoms with Crippen LogP contribution in [0.1, 0.15) is 50.4 Å². The van der Waals surface area contributed by atoms with Crippen molar-refractivity contribution in [1.29, 1.82) is 0 Å². The van der Waals surface area contributed by atoms with Crippen molar-refractivity contribution in [1.82, 2.24) is 9.88 Å². The normalized spacial score (nSPS) is 20.7. The van der Waals surface area contributed by atoms with Gasteiger partial charge in [0.25, 0.3) is 0 Å². The second-order valence-corrected chi connectivity index (χ2v) is 11.3. The monoisotopic (exact) mass is 608 g/mol. The zero-order valence-electron chi connectivity index (χ0n) is 23.9. The first-order chi connectivity index (χ1) is 20.6. The third kappa shape index (κ3) is 6.24. The summed E-state index contributed by atoms with van der Waals surface area (Å²) in [6.45, 7) is 3.86. The Hall–Kier alpha value is -4.31. The number of nitrogens with zero attached hydrogens (tertiary/aromatic N) is 2. The average Bonchev–Trinajstić information content (AvgIpc) is 2.98. The van der Waals surface area contributed by atoms with Crippen LogP contribution in [0.25, 0.3) is 16.7 Å². The quantitative estimate of drug-likeness (QED) is 0.306. The highest BCUT2D eigenvalue weighted by Crippen LogP contribution is 2.39. The second kappa shape index (κ2) is 12.5. The Labute approximate surface area is 253 Å². The van der Waals surface area contributed by atoms with E-state index in [1.807, 2.05) is 19.9 Å². The number of aromatic nitrogens is 1. The van der Waals surface area contributed by atoms with Crippen LogP contribution in [0.4, 0.5) is 25.0 Å². The first kappa shape index (κ1) is 30.2. The van der Waals surface area contributed by atoms with E-state index < -0.39 is 29.7 Å². The van der Waals surface area contributed by atoms with Gasteiger partial charge in [0.1, 0.15) is 5.82 Å². The molecule has 3 aromatic rings. The molecule has 3 unspecified atom stereocenters. The van der Waals surface area contributed by atoms with Crippen LogP contribution in [-0.4, -0.2) is 41.4 Å². The van der Waals surface area contributed by atoms with E-state index in [0.717, 1.165) is 17.7 Å². The van der Waals surface area contributed by atoms with E-state index in [-0.39, 0.29) is 40.4 Å². The van der Waals surface area contributed by atoms with Crippen LogP contribution >= 0.6 is 11.6 Å². The summed E-state index contributed by atoms with van der Waals surface area (Å²) in [6.07, 6.45) is 4.00. The van der Waals surface area contributed by atoms with E-state index in [0.29, 0.717) is 41.9 Å². The number of ether oxygens (including phenoxy) is 1. The number of nitrogens with one attached hydrogen (secondary N) is 2. The number of benzene rings is 2. The molecule has 1 aromatic heterocycles. The Morgan fingerprint density at radius 1 is 1.09 bits per heavy atom. The highest BCUT2D eigenvalue weighted by atomic mass is 35.5. The lowest BCUT2D eigenvalue weighted by molar-refractivity contribution is -0.130. The minimum absolute atomic E-state index is 0.177. The van der Waals surface area contributed by atoms with Crippen molar-refractivity contribution in [3.05, 3.63) is 82.7 Å². The van der Waals surface area contributed by atoms with Crippen LogP contribution in [-0.2, 0) is 14.3 Å². The minimum Gasteiger partial charge on any atom is -0.453 e. The van der Waals surface area contributed by atoms with Gasteiger partial charge >= 0.3 is 6.09 Å². The van der Waals surface area contributed by atoms with Gasteiger partial charge in [-0.05, 0) is 66.3 Å². The molecule has 0 spiro atoms. The fourth-order valence-electron chi connectivity index (χ4n) is 5.64. The molecule has 2 aromatic carbocycles. The molecule has 3 heterocycles. The van der Waals surface area contributed by atoms with Crippen LogP contribution in [0, 0.1) is 23.5 Å². The number of amides is 3. The number of carbonyl (C=O) groups is 3. The van der Waals surface area contributed by atoms with Crippen molar-refractivity contribution in [2.24, 2.45) is 11.8 Å². The molecule has 0 fully saturated rings. The molecule has 8 nitrogen and oxygen atoms in total. The summed E-state index contributed by atoms with van der Waals surface area (Å²) in [6, 6.07) is 10.6. The Balaban J connectivity index is 1.55. The van der Waals surface area contributed by atoms with Gasteiger partial charge < -0.3 is 15.0 Å². The summed E-state index contributed by atoms with van der Waals surface area (Å²) >= 11 is 5.93. The number of rotatable bonds is 3. The minimum atomic E-state index is -0.891. The van der Waals surface area contributed by atoms with E-state index in [4.69, 9.17) is 16.3 Å². The van der Waals surface area contributed by atoms with Crippen molar-refractivity contribution < 1.29 is 27.9 Å². The first-order valence-corrected chi connectivity index (χ1v) is 14.4. The Kier molecular flexibility index (Phi) is 8.77. The number of halogens is 3. The summed E-state index contributed by atoms with van der Waals surface area (Å²) in [5.41, 5.74) is 3.01. The molecule has 3 atom stereocenters. The number of pyridine rings is 1. The number of fused-ring (bicyclic) bond motifs is 4. The molecule has 0 radical (unpaired) electrons. The number of anilines is 2. The molecular weight excluding hydrogens is 578 g/mol. The topological polar surface area (TPSA) is 101 Å². The highest BCUT2D eigenvalue weighted by Gasteiger charge is 2.34. The molecule has 0 saturated heterocycles. The number of methoxy groups -OCH3 is 1. The van der Waals surface area contributed by atoms with E-state index >= 15 is 0 Å². The van der Waals surface area contributed by atoms with E-state index in [1.54, 1.807) is 35.4 Å². The van der Waals surface area contributed by atoms with Crippen LogP contribution < -0.4 is 10.6 Å². The lowest BCUT2D eigenvalue weighted by Gasteiger charge is -2.37. The largest absolute Gasteiger partial charge is 0.453 e. The molecule has 224 valence electrons. The first-order valence-electron chi connectivity index (χ1n) is 14.0. The van der Waals surface area contributed by atoms with Gasteiger partial charge in [0.05, 0.1) is 35.1 Å². The van der Waals surface area contributed by atoms with Gasteiger partial charge in [-0.15, -0.1) is 0 Å². The van der Waals surface area contributed by atoms with Crippen molar-refractivity contribution in [2.75, 3.05) is 24.3 Å². The van der Waals surface area contributed by atoms with Gasteiger partial charge in [0.15, 0.2) is 5.82 Å². The van der Waals surface area contributed by atoms with Gasteiger partial charge in [-0.25, -0.2) is 13.6 Å². The zero-order valence-corrected chi connectivity index (χ0v) is 24.7. The van der Waals surface area contributed by atoms with Crippen LogP contribution in [0.3, 0.4) is 0 Å². The smallest absolute Gasteiger partial charge is 0.411 e. The Morgan fingerprint density at radius 3 is 2.65 bits per heavy atom. The summed E-state index contributed by atoms with van der Waals surface area (Å²) in [4.78, 5) is 44.9. The summed E-state index contributed by atoms with van der Waals surface area (Å²) in [5, 5.41) is 5.40. The maximum atomic E-state index is 14.9. The summed E-state index contributed by atoms with van der Waals surface area (Å²) < 4.78 is 34.3. The molecule has 0 aliphatic carbocycles. The number of hydrogen-bond acceptors (Lipinski definition) is 5. The molecular formula is C32H31ClF2N4O4. The van der Waals surface area contributed by atoms with E-state index in [9.17, 15) is 23.2 Å².